The minimum absolute atomic E-state index is 0.0524. The fourth-order valence-corrected chi connectivity index (χ4v) is 4.01. The van der Waals surface area contributed by atoms with Crippen LogP contribution in [0.25, 0.3) is 0 Å². The van der Waals surface area contributed by atoms with Crippen molar-refractivity contribution in [1.29, 1.82) is 0 Å². The average Bonchev–Trinajstić information content (AvgIpc) is 2.68. The molecule has 2 unspecified atom stereocenters. The summed E-state index contributed by atoms with van der Waals surface area (Å²) in [4.78, 5) is 37.3. The van der Waals surface area contributed by atoms with Crippen LogP contribution < -0.4 is 5.32 Å². The molecule has 0 radical (unpaired) electrons. The topological polar surface area (TPSA) is 66.5 Å². The summed E-state index contributed by atoms with van der Waals surface area (Å²) in [5.74, 6) is 0.408. The van der Waals surface area contributed by atoms with Gasteiger partial charge in [-0.25, -0.2) is 0 Å². The third-order valence-corrected chi connectivity index (χ3v) is 5.48. The Morgan fingerprint density at radius 3 is 2.45 bits per heavy atom. The molecule has 0 aromatic heterocycles. The number of thioether (sulfide) groups is 1. The van der Waals surface area contributed by atoms with Gasteiger partial charge in [-0.15, -0.1) is 0 Å². The monoisotopic (exact) mass is 296 g/mol. The molecule has 1 aliphatic heterocycles. The zero-order valence-electron chi connectivity index (χ0n) is 11.5. The molecule has 3 amide bonds. The van der Waals surface area contributed by atoms with Gasteiger partial charge in [-0.05, 0) is 25.7 Å². The number of imide groups is 1. The van der Waals surface area contributed by atoms with Gasteiger partial charge in [-0.2, -0.15) is 0 Å². The van der Waals surface area contributed by atoms with E-state index < -0.39 is 0 Å². The van der Waals surface area contributed by atoms with Crippen molar-refractivity contribution in [2.75, 3.05) is 5.75 Å². The second-order valence-electron chi connectivity index (χ2n) is 5.91. The number of rotatable bonds is 3. The molecule has 3 rings (SSSR count). The molecule has 20 heavy (non-hydrogen) atoms. The van der Waals surface area contributed by atoms with E-state index in [2.05, 4.69) is 5.32 Å². The minimum atomic E-state index is -0.148. The molecule has 1 heterocycles. The van der Waals surface area contributed by atoms with Crippen LogP contribution in [0.15, 0.2) is 0 Å². The number of hydrogen-bond acceptors (Lipinski definition) is 4. The molecule has 2 saturated carbocycles. The number of amides is 3. The standard InChI is InChI=1S/C14H20N2O3S/c17-12-8-20-14(19)16(12)11-7-2-1-6-10(11)15-13(18)9-4-3-5-9/h9-11H,1-8H2,(H,15,18). The van der Waals surface area contributed by atoms with E-state index in [-0.39, 0.29) is 40.8 Å². The van der Waals surface area contributed by atoms with Crippen LogP contribution in [0.1, 0.15) is 44.9 Å². The summed E-state index contributed by atoms with van der Waals surface area (Å²) in [7, 11) is 0. The first-order chi connectivity index (χ1) is 9.66. The third-order valence-electron chi connectivity index (χ3n) is 4.65. The molecule has 0 aromatic rings. The molecule has 0 spiro atoms. The first-order valence-electron chi connectivity index (χ1n) is 7.46. The van der Waals surface area contributed by atoms with Gasteiger partial charge in [-0.3, -0.25) is 19.3 Å². The molecule has 0 aromatic carbocycles. The number of nitrogens with one attached hydrogen (secondary N) is 1. The van der Waals surface area contributed by atoms with Gasteiger partial charge in [0.25, 0.3) is 5.24 Å². The Bertz CT molecular complexity index is 420. The van der Waals surface area contributed by atoms with E-state index in [9.17, 15) is 14.4 Å². The SMILES string of the molecule is O=C(NC1CCCCC1N1C(=O)CSC1=O)C1CCC1. The number of hydrogen-bond donors (Lipinski definition) is 1. The first kappa shape index (κ1) is 13.9. The smallest absolute Gasteiger partial charge is 0.289 e. The van der Waals surface area contributed by atoms with Gasteiger partial charge in [-0.1, -0.05) is 31.0 Å². The Hall–Kier alpha value is -1.04. The van der Waals surface area contributed by atoms with Crippen LogP contribution >= 0.6 is 11.8 Å². The molecule has 1 saturated heterocycles. The van der Waals surface area contributed by atoms with Gasteiger partial charge in [0.2, 0.25) is 11.8 Å². The maximum Gasteiger partial charge on any atom is 0.289 e. The zero-order valence-corrected chi connectivity index (χ0v) is 12.3. The molecule has 2 aliphatic carbocycles. The highest BCUT2D eigenvalue weighted by Gasteiger charge is 2.41. The van der Waals surface area contributed by atoms with Crippen molar-refractivity contribution < 1.29 is 14.4 Å². The van der Waals surface area contributed by atoms with Crippen molar-refractivity contribution in [3.8, 4) is 0 Å². The summed E-state index contributed by atoms with van der Waals surface area (Å²) in [5.41, 5.74) is 0. The Morgan fingerprint density at radius 2 is 1.85 bits per heavy atom. The molecular weight excluding hydrogens is 276 g/mol. The Balaban J connectivity index is 1.68. The number of nitrogens with zero attached hydrogens (tertiary/aromatic N) is 1. The molecule has 6 heteroatoms. The van der Waals surface area contributed by atoms with Crippen molar-refractivity contribution in [2.45, 2.75) is 57.0 Å². The molecule has 0 bridgehead atoms. The lowest BCUT2D eigenvalue weighted by Crippen LogP contribution is -2.56. The molecule has 5 nitrogen and oxygen atoms in total. The van der Waals surface area contributed by atoms with Gasteiger partial charge in [0.1, 0.15) is 0 Å². The van der Waals surface area contributed by atoms with Crippen LogP contribution in [-0.2, 0) is 9.59 Å². The van der Waals surface area contributed by atoms with Gasteiger partial charge in [0, 0.05) is 12.0 Å². The number of carbonyl (C=O) groups is 3. The van der Waals surface area contributed by atoms with Crippen molar-refractivity contribution >= 4 is 28.8 Å². The molecule has 2 atom stereocenters. The molecule has 3 fully saturated rings. The van der Waals surface area contributed by atoms with Crippen LogP contribution in [0.4, 0.5) is 4.79 Å². The van der Waals surface area contributed by atoms with E-state index in [0.717, 1.165) is 56.7 Å². The van der Waals surface area contributed by atoms with Gasteiger partial charge >= 0.3 is 0 Å². The third kappa shape index (κ3) is 2.57. The van der Waals surface area contributed by atoms with E-state index in [1.54, 1.807) is 0 Å². The number of carbonyl (C=O) groups excluding carboxylic acids is 3. The summed E-state index contributed by atoms with van der Waals surface area (Å²) < 4.78 is 0. The Labute approximate surface area is 122 Å². The maximum atomic E-state index is 12.1. The molecule has 110 valence electrons. The summed E-state index contributed by atoms with van der Waals surface area (Å²) in [5, 5.41) is 2.95. The lowest BCUT2D eigenvalue weighted by atomic mass is 9.83. The Kier molecular flexibility index (Phi) is 4.01. The highest BCUT2D eigenvalue weighted by atomic mass is 32.2. The fourth-order valence-electron chi connectivity index (χ4n) is 3.24. The van der Waals surface area contributed by atoms with E-state index in [1.165, 1.54) is 4.90 Å². The fraction of sp³-hybridized carbons (Fsp3) is 0.786. The average molecular weight is 296 g/mol. The molecule has 3 aliphatic rings. The van der Waals surface area contributed by atoms with Gasteiger partial charge in [0.15, 0.2) is 0 Å². The predicted octanol–water partition coefficient (Wildman–Crippen LogP) is 1.91. The van der Waals surface area contributed by atoms with E-state index in [4.69, 9.17) is 0 Å². The highest BCUT2D eigenvalue weighted by molar-refractivity contribution is 8.14. The van der Waals surface area contributed by atoms with Gasteiger partial charge < -0.3 is 5.32 Å². The zero-order chi connectivity index (χ0) is 14.1. The van der Waals surface area contributed by atoms with Gasteiger partial charge in [0.05, 0.1) is 11.8 Å². The van der Waals surface area contributed by atoms with Crippen molar-refractivity contribution in [3.05, 3.63) is 0 Å². The minimum Gasteiger partial charge on any atom is -0.351 e. The molecular formula is C14H20N2O3S. The lowest BCUT2D eigenvalue weighted by molar-refractivity contribution is -0.131. The van der Waals surface area contributed by atoms with Crippen LogP contribution in [-0.4, -0.2) is 39.8 Å². The van der Waals surface area contributed by atoms with Crippen molar-refractivity contribution in [3.63, 3.8) is 0 Å². The predicted molar refractivity (Wildman–Crippen MR) is 76.2 cm³/mol. The van der Waals surface area contributed by atoms with E-state index in [1.807, 2.05) is 0 Å². The van der Waals surface area contributed by atoms with Crippen LogP contribution in [0.3, 0.4) is 0 Å². The van der Waals surface area contributed by atoms with E-state index >= 15 is 0 Å². The Morgan fingerprint density at radius 1 is 1.10 bits per heavy atom. The lowest BCUT2D eigenvalue weighted by Gasteiger charge is -2.38. The van der Waals surface area contributed by atoms with E-state index in [0.29, 0.717) is 0 Å². The van der Waals surface area contributed by atoms with Crippen molar-refractivity contribution in [2.24, 2.45) is 5.92 Å². The first-order valence-corrected chi connectivity index (χ1v) is 8.44. The summed E-state index contributed by atoms with van der Waals surface area (Å²) in [6.45, 7) is 0. The largest absolute Gasteiger partial charge is 0.351 e. The van der Waals surface area contributed by atoms with Crippen LogP contribution in [0, 0.1) is 5.92 Å². The molecule has 1 N–H and O–H groups in total. The summed E-state index contributed by atoms with van der Waals surface area (Å²) >= 11 is 1.07. The quantitative estimate of drug-likeness (QED) is 0.864. The van der Waals surface area contributed by atoms with Crippen molar-refractivity contribution in [1.82, 2.24) is 10.2 Å². The normalized spacial score (nSPS) is 31.3. The maximum absolute atomic E-state index is 12.1. The second kappa shape index (κ2) is 5.76. The summed E-state index contributed by atoms with van der Waals surface area (Å²) in [6.07, 6.45) is 6.82. The van der Waals surface area contributed by atoms with Crippen LogP contribution in [0.2, 0.25) is 0 Å². The summed E-state index contributed by atoms with van der Waals surface area (Å²) in [6, 6.07) is -0.189. The second-order valence-corrected chi connectivity index (χ2v) is 6.84. The highest BCUT2D eigenvalue weighted by Crippen LogP contribution is 2.31. The van der Waals surface area contributed by atoms with Crippen LogP contribution in [0.5, 0.6) is 0 Å².